The Morgan fingerprint density at radius 2 is 2.12 bits per heavy atom. The molecule has 1 atom stereocenters. The topological polar surface area (TPSA) is 50.4 Å². The molecule has 3 heteroatoms. The summed E-state index contributed by atoms with van der Waals surface area (Å²) in [6, 6.07) is 8.65. The van der Waals surface area contributed by atoms with E-state index in [2.05, 4.69) is 41.5 Å². The van der Waals surface area contributed by atoms with Crippen molar-refractivity contribution in [2.75, 3.05) is 6.54 Å². The largest absolute Gasteiger partial charge is 0.387 e. The van der Waals surface area contributed by atoms with E-state index in [-0.39, 0.29) is 6.17 Å². The van der Waals surface area contributed by atoms with Crippen LogP contribution >= 0.6 is 0 Å². The summed E-state index contributed by atoms with van der Waals surface area (Å²) in [5, 5.41) is 3.35. The first-order valence-corrected chi connectivity index (χ1v) is 5.94. The Bertz CT molecular complexity index is 367. The fourth-order valence-electron chi connectivity index (χ4n) is 1.96. The first-order valence-electron chi connectivity index (χ1n) is 5.94. The average Bonchev–Trinajstić information content (AvgIpc) is 2.30. The molecule has 0 saturated carbocycles. The number of nitrogens with two attached hydrogens (primary N) is 1. The Kier molecular flexibility index (Phi) is 3.57. The zero-order chi connectivity index (χ0) is 11.4. The second-order valence-electron chi connectivity index (χ2n) is 4.22. The molecule has 1 unspecified atom stereocenters. The van der Waals surface area contributed by atoms with Crippen LogP contribution in [0, 0.1) is 0 Å². The second kappa shape index (κ2) is 5.12. The van der Waals surface area contributed by atoms with Crippen molar-refractivity contribution < 1.29 is 0 Å². The van der Waals surface area contributed by atoms with Crippen molar-refractivity contribution in [2.24, 2.45) is 10.7 Å². The lowest BCUT2D eigenvalue weighted by Gasteiger charge is -2.20. The fourth-order valence-corrected chi connectivity index (χ4v) is 1.96. The number of hydrogen-bond donors (Lipinski definition) is 2. The zero-order valence-corrected chi connectivity index (χ0v) is 9.74. The highest BCUT2D eigenvalue weighted by atomic mass is 15.1. The van der Waals surface area contributed by atoms with Gasteiger partial charge < -0.3 is 5.73 Å². The van der Waals surface area contributed by atoms with Crippen LogP contribution in [0.1, 0.15) is 37.1 Å². The van der Waals surface area contributed by atoms with Crippen LogP contribution < -0.4 is 11.1 Å². The second-order valence-corrected chi connectivity index (χ2v) is 4.22. The van der Waals surface area contributed by atoms with Gasteiger partial charge in [-0.2, -0.15) is 0 Å². The number of aliphatic imine (C=N–C) groups is 1. The number of amidine groups is 1. The molecular formula is C13H19N3. The van der Waals surface area contributed by atoms with Crippen LogP contribution in [0.3, 0.4) is 0 Å². The summed E-state index contributed by atoms with van der Waals surface area (Å²) in [6.45, 7) is 3.11. The molecule has 1 aliphatic rings. The Hall–Kier alpha value is -1.35. The number of hydrogen-bond acceptors (Lipinski definition) is 3. The lowest BCUT2D eigenvalue weighted by atomic mass is 10.1. The number of aryl methyl sites for hydroxylation is 1. The van der Waals surface area contributed by atoms with Gasteiger partial charge in [-0.05, 0) is 17.5 Å². The molecule has 3 nitrogen and oxygen atoms in total. The number of rotatable bonds is 3. The van der Waals surface area contributed by atoms with Gasteiger partial charge in [-0.15, -0.1) is 0 Å². The van der Waals surface area contributed by atoms with Gasteiger partial charge in [-0.1, -0.05) is 37.6 Å². The predicted octanol–water partition coefficient (Wildman–Crippen LogP) is 1.99. The van der Waals surface area contributed by atoms with E-state index in [1.54, 1.807) is 0 Å². The van der Waals surface area contributed by atoms with Crippen LogP contribution in [0.4, 0.5) is 0 Å². The molecule has 2 rings (SSSR count). The molecule has 0 aliphatic carbocycles. The summed E-state index contributed by atoms with van der Waals surface area (Å²) in [4.78, 5) is 4.41. The Labute approximate surface area is 96.8 Å². The van der Waals surface area contributed by atoms with Crippen molar-refractivity contribution in [2.45, 2.75) is 32.4 Å². The average molecular weight is 217 g/mol. The van der Waals surface area contributed by atoms with Crippen molar-refractivity contribution in [3.8, 4) is 0 Å². The molecule has 86 valence electrons. The molecule has 1 aromatic carbocycles. The van der Waals surface area contributed by atoms with Crippen molar-refractivity contribution in [3.05, 3.63) is 35.4 Å². The Morgan fingerprint density at radius 1 is 1.38 bits per heavy atom. The van der Waals surface area contributed by atoms with Crippen LogP contribution in [0.5, 0.6) is 0 Å². The minimum atomic E-state index is 0.0458. The normalized spacial score (nSPS) is 20.6. The number of nitrogens with zero attached hydrogens (tertiary/aromatic N) is 1. The molecule has 0 fully saturated rings. The lowest BCUT2D eigenvalue weighted by molar-refractivity contribution is 0.539. The lowest BCUT2D eigenvalue weighted by Crippen LogP contribution is -2.32. The zero-order valence-electron chi connectivity index (χ0n) is 9.74. The third-order valence-corrected chi connectivity index (χ3v) is 2.85. The van der Waals surface area contributed by atoms with Crippen molar-refractivity contribution in [1.82, 2.24) is 5.32 Å². The third-order valence-electron chi connectivity index (χ3n) is 2.85. The van der Waals surface area contributed by atoms with Gasteiger partial charge in [-0.3, -0.25) is 5.32 Å². The fraction of sp³-hybridized carbons (Fsp3) is 0.462. The number of benzene rings is 1. The molecule has 1 heterocycles. The maximum absolute atomic E-state index is 5.75. The van der Waals surface area contributed by atoms with Crippen LogP contribution in [-0.4, -0.2) is 12.4 Å². The van der Waals surface area contributed by atoms with E-state index < -0.39 is 0 Å². The van der Waals surface area contributed by atoms with E-state index >= 15 is 0 Å². The quantitative estimate of drug-likeness (QED) is 0.813. The van der Waals surface area contributed by atoms with E-state index in [0.717, 1.165) is 25.2 Å². The Balaban J connectivity index is 2.12. The monoisotopic (exact) mass is 217 g/mol. The molecule has 1 aliphatic heterocycles. The molecule has 0 radical (unpaired) electrons. The summed E-state index contributed by atoms with van der Waals surface area (Å²) < 4.78 is 0. The van der Waals surface area contributed by atoms with Crippen molar-refractivity contribution >= 4 is 5.84 Å². The van der Waals surface area contributed by atoms with E-state index in [4.69, 9.17) is 5.73 Å². The van der Waals surface area contributed by atoms with Gasteiger partial charge in [0.15, 0.2) is 0 Å². The predicted molar refractivity (Wildman–Crippen MR) is 67.4 cm³/mol. The minimum Gasteiger partial charge on any atom is -0.387 e. The maximum atomic E-state index is 5.75. The highest BCUT2D eigenvalue weighted by molar-refractivity contribution is 5.81. The van der Waals surface area contributed by atoms with Crippen LogP contribution in [0.15, 0.2) is 29.3 Å². The standard InChI is InChI=1S/C13H19N3/c1-2-3-10-4-6-11(7-5-10)13-15-9-8-12(14)16-13/h4-7,13,15H,2-3,8-9H2,1H3,(H2,14,16). The van der Waals surface area contributed by atoms with E-state index in [1.807, 2.05) is 0 Å². The summed E-state index contributed by atoms with van der Waals surface area (Å²) in [5.74, 6) is 0.751. The minimum absolute atomic E-state index is 0.0458. The van der Waals surface area contributed by atoms with E-state index in [9.17, 15) is 0 Å². The van der Waals surface area contributed by atoms with Gasteiger partial charge in [0.05, 0.1) is 5.84 Å². The Morgan fingerprint density at radius 3 is 2.75 bits per heavy atom. The highest BCUT2D eigenvalue weighted by Crippen LogP contribution is 2.18. The van der Waals surface area contributed by atoms with Crippen molar-refractivity contribution in [1.29, 1.82) is 0 Å². The van der Waals surface area contributed by atoms with Crippen LogP contribution in [0.25, 0.3) is 0 Å². The van der Waals surface area contributed by atoms with E-state index in [0.29, 0.717) is 0 Å². The van der Waals surface area contributed by atoms with Crippen molar-refractivity contribution in [3.63, 3.8) is 0 Å². The van der Waals surface area contributed by atoms with Gasteiger partial charge in [0, 0.05) is 13.0 Å². The summed E-state index contributed by atoms with van der Waals surface area (Å²) in [6.07, 6.45) is 3.23. The van der Waals surface area contributed by atoms with Gasteiger partial charge in [0.1, 0.15) is 6.17 Å². The first kappa shape index (κ1) is 11.1. The summed E-state index contributed by atoms with van der Waals surface area (Å²) in [7, 11) is 0. The maximum Gasteiger partial charge on any atom is 0.127 e. The van der Waals surface area contributed by atoms with Gasteiger partial charge in [0.25, 0.3) is 0 Å². The SMILES string of the molecule is CCCc1ccc(C2N=C(N)CCN2)cc1. The molecule has 3 N–H and O–H groups in total. The molecule has 0 amide bonds. The molecular weight excluding hydrogens is 198 g/mol. The van der Waals surface area contributed by atoms with Gasteiger partial charge >= 0.3 is 0 Å². The number of nitrogens with one attached hydrogen (secondary N) is 1. The molecule has 0 spiro atoms. The van der Waals surface area contributed by atoms with Gasteiger partial charge in [-0.25, -0.2) is 4.99 Å². The van der Waals surface area contributed by atoms with E-state index in [1.165, 1.54) is 17.5 Å². The molecule has 1 aromatic rings. The molecule has 0 saturated heterocycles. The van der Waals surface area contributed by atoms with Crippen LogP contribution in [0.2, 0.25) is 0 Å². The first-order chi connectivity index (χ1) is 7.79. The van der Waals surface area contributed by atoms with Crippen LogP contribution in [-0.2, 0) is 6.42 Å². The molecule has 0 aromatic heterocycles. The third kappa shape index (κ3) is 2.61. The summed E-state index contributed by atoms with van der Waals surface area (Å²) in [5.41, 5.74) is 8.33. The van der Waals surface area contributed by atoms with Gasteiger partial charge in [0.2, 0.25) is 0 Å². The highest BCUT2D eigenvalue weighted by Gasteiger charge is 2.13. The summed E-state index contributed by atoms with van der Waals surface area (Å²) >= 11 is 0. The smallest absolute Gasteiger partial charge is 0.127 e. The molecule has 16 heavy (non-hydrogen) atoms. The molecule has 0 bridgehead atoms.